The van der Waals surface area contributed by atoms with Crippen LogP contribution in [0.4, 0.5) is 18.9 Å². The van der Waals surface area contributed by atoms with Gasteiger partial charge in [0.1, 0.15) is 11.4 Å². The molecule has 0 saturated heterocycles. The van der Waals surface area contributed by atoms with Gasteiger partial charge >= 0.3 is 6.18 Å². The van der Waals surface area contributed by atoms with Crippen molar-refractivity contribution < 1.29 is 17.9 Å². The molecule has 1 fully saturated rings. The van der Waals surface area contributed by atoms with E-state index in [4.69, 9.17) is 10.5 Å². The van der Waals surface area contributed by atoms with E-state index in [-0.39, 0.29) is 17.5 Å². The first-order chi connectivity index (χ1) is 8.86. The van der Waals surface area contributed by atoms with Crippen LogP contribution in [-0.2, 0) is 6.18 Å². The van der Waals surface area contributed by atoms with E-state index in [1.54, 1.807) is 0 Å². The van der Waals surface area contributed by atoms with Gasteiger partial charge in [-0.05, 0) is 31.6 Å². The highest BCUT2D eigenvalue weighted by Gasteiger charge is 2.33. The van der Waals surface area contributed by atoms with Crippen LogP contribution in [-0.4, -0.2) is 11.1 Å². The third-order valence-electron chi connectivity index (χ3n) is 3.44. The van der Waals surface area contributed by atoms with Gasteiger partial charge in [-0.3, -0.25) is 0 Å². The van der Waals surface area contributed by atoms with E-state index < -0.39 is 11.9 Å². The highest BCUT2D eigenvalue weighted by Crippen LogP contribution is 2.34. The summed E-state index contributed by atoms with van der Waals surface area (Å²) in [4.78, 5) is 3.29. The Labute approximate surface area is 110 Å². The number of nitrogens with two attached hydrogens (primary N) is 1. The van der Waals surface area contributed by atoms with Crippen LogP contribution in [0.5, 0.6) is 5.75 Å². The van der Waals surface area contributed by atoms with E-state index >= 15 is 0 Å². The Balaban J connectivity index is 2.11. The summed E-state index contributed by atoms with van der Waals surface area (Å²) in [6, 6.07) is 0.882. The molecular formula is C13H17F3N2O. The van der Waals surface area contributed by atoms with Crippen molar-refractivity contribution in [3.05, 3.63) is 18.0 Å². The number of pyridine rings is 1. The molecule has 2 N–H and O–H groups in total. The molecule has 1 heterocycles. The maximum Gasteiger partial charge on any atom is 0.433 e. The van der Waals surface area contributed by atoms with Crippen LogP contribution in [0.2, 0.25) is 0 Å². The van der Waals surface area contributed by atoms with Crippen molar-refractivity contribution in [1.82, 2.24) is 4.98 Å². The molecule has 1 aromatic heterocycles. The molecule has 1 aliphatic carbocycles. The summed E-state index contributed by atoms with van der Waals surface area (Å²) < 4.78 is 43.3. The van der Waals surface area contributed by atoms with Gasteiger partial charge in [0.2, 0.25) is 0 Å². The van der Waals surface area contributed by atoms with Crippen LogP contribution < -0.4 is 10.5 Å². The summed E-state index contributed by atoms with van der Waals surface area (Å²) >= 11 is 0. The zero-order chi connectivity index (χ0) is 14.0. The average molecular weight is 274 g/mol. The molecule has 3 nitrogen and oxygen atoms in total. The Morgan fingerprint density at radius 1 is 1.26 bits per heavy atom. The number of aromatic nitrogens is 1. The number of hydrogen-bond donors (Lipinski definition) is 1. The lowest BCUT2D eigenvalue weighted by atomic mass is 9.89. The zero-order valence-electron chi connectivity index (χ0n) is 10.7. The second-order valence-corrected chi connectivity index (χ2v) is 5.10. The maximum atomic E-state index is 12.6. The second-order valence-electron chi connectivity index (χ2n) is 5.10. The number of rotatable bonds is 2. The van der Waals surface area contributed by atoms with Gasteiger partial charge in [-0.2, -0.15) is 13.2 Å². The number of nitrogens with zero attached hydrogens (tertiary/aromatic N) is 1. The Kier molecular flexibility index (Phi) is 3.87. The number of halogens is 3. The molecule has 0 radical (unpaired) electrons. The normalized spacial score (nSPS) is 24.2. The summed E-state index contributed by atoms with van der Waals surface area (Å²) in [5.74, 6) is 0.738. The molecule has 0 spiro atoms. The standard InChI is InChI=1S/C13H17F3N2O/c1-8-2-4-9(5-3-8)19-11-6-12(13(14,15)16)18-7-10(11)17/h6-9H,2-5,17H2,1H3. The van der Waals surface area contributed by atoms with Gasteiger partial charge in [0.15, 0.2) is 0 Å². The van der Waals surface area contributed by atoms with E-state index in [1.807, 2.05) is 0 Å². The molecule has 0 amide bonds. The number of anilines is 1. The molecule has 1 aliphatic rings. The maximum absolute atomic E-state index is 12.6. The number of hydrogen-bond acceptors (Lipinski definition) is 3. The fourth-order valence-corrected chi connectivity index (χ4v) is 2.23. The minimum Gasteiger partial charge on any atom is -0.488 e. The smallest absolute Gasteiger partial charge is 0.433 e. The molecule has 6 heteroatoms. The SMILES string of the molecule is CC1CCC(Oc2cc(C(F)(F)F)ncc2N)CC1. The number of alkyl halides is 3. The number of nitrogen functional groups attached to an aromatic ring is 1. The van der Waals surface area contributed by atoms with Gasteiger partial charge in [-0.25, -0.2) is 4.98 Å². The third kappa shape index (κ3) is 3.52. The molecule has 2 rings (SSSR count). The first-order valence-electron chi connectivity index (χ1n) is 6.35. The minimum absolute atomic E-state index is 0.0537. The van der Waals surface area contributed by atoms with Crippen molar-refractivity contribution in [2.24, 2.45) is 5.92 Å². The molecule has 0 unspecified atom stereocenters. The first-order valence-corrected chi connectivity index (χ1v) is 6.35. The molecule has 0 aromatic carbocycles. The lowest BCUT2D eigenvalue weighted by molar-refractivity contribution is -0.141. The zero-order valence-corrected chi connectivity index (χ0v) is 10.7. The van der Waals surface area contributed by atoms with Crippen molar-refractivity contribution in [2.75, 3.05) is 5.73 Å². The second kappa shape index (κ2) is 5.27. The van der Waals surface area contributed by atoms with Gasteiger partial charge < -0.3 is 10.5 Å². The van der Waals surface area contributed by atoms with Crippen molar-refractivity contribution in [1.29, 1.82) is 0 Å². The van der Waals surface area contributed by atoms with Crippen LogP contribution in [0.1, 0.15) is 38.3 Å². The predicted molar refractivity (Wildman–Crippen MR) is 65.7 cm³/mol. The van der Waals surface area contributed by atoms with Crippen LogP contribution in [0.15, 0.2) is 12.3 Å². The van der Waals surface area contributed by atoms with Crippen LogP contribution in [0.3, 0.4) is 0 Å². The van der Waals surface area contributed by atoms with E-state index in [1.165, 1.54) is 0 Å². The lowest BCUT2D eigenvalue weighted by Crippen LogP contribution is -2.23. The monoisotopic (exact) mass is 274 g/mol. The van der Waals surface area contributed by atoms with Crippen LogP contribution in [0.25, 0.3) is 0 Å². The van der Waals surface area contributed by atoms with Crippen LogP contribution >= 0.6 is 0 Å². The third-order valence-corrected chi connectivity index (χ3v) is 3.44. The fraction of sp³-hybridized carbons (Fsp3) is 0.615. The molecule has 0 atom stereocenters. The van der Waals surface area contributed by atoms with Crippen molar-refractivity contribution in [3.63, 3.8) is 0 Å². The molecule has 1 saturated carbocycles. The Bertz CT molecular complexity index is 440. The van der Waals surface area contributed by atoms with Gasteiger partial charge in [-0.1, -0.05) is 6.92 Å². The largest absolute Gasteiger partial charge is 0.488 e. The number of ether oxygens (including phenoxy) is 1. The Morgan fingerprint density at radius 2 is 1.89 bits per heavy atom. The van der Waals surface area contributed by atoms with Crippen LogP contribution in [0, 0.1) is 5.92 Å². The summed E-state index contributed by atoms with van der Waals surface area (Å²) in [5.41, 5.74) is 4.80. The molecule has 0 aliphatic heterocycles. The fourth-order valence-electron chi connectivity index (χ4n) is 2.23. The van der Waals surface area contributed by atoms with Gasteiger partial charge in [-0.15, -0.1) is 0 Å². The Morgan fingerprint density at radius 3 is 2.47 bits per heavy atom. The molecule has 0 bridgehead atoms. The van der Waals surface area contributed by atoms with E-state index in [0.29, 0.717) is 5.92 Å². The first kappa shape index (κ1) is 14.0. The lowest BCUT2D eigenvalue weighted by Gasteiger charge is -2.27. The Hall–Kier alpha value is -1.46. The highest BCUT2D eigenvalue weighted by molar-refractivity contribution is 5.51. The quantitative estimate of drug-likeness (QED) is 0.895. The highest BCUT2D eigenvalue weighted by atomic mass is 19.4. The summed E-state index contributed by atoms with van der Waals surface area (Å²) in [6.45, 7) is 2.17. The summed E-state index contributed by atoms with van der Waals surface area (Å²) in [5, 5.41) is 0. The predicted octanol–water partition coefficient (Wildman–Crippen LogP) is 3.64. The molecule has 1 aromatic rings. The average Bonchev–Trinajstić information content (AvgIpc) is 2.33. The van der Waals surface area contributed by atoms with E-state index in [9.17, 15) is 13.2 Å². The van der Waals surface area contributed by atoms with Gasteiger partial charge in [0.05, 0.1) is 18.0 Å². The molecule has 106 valence electrons. The van der Waals surface area contributed by atoms with Crippen molar-refractivity contribution >= 4 is 5.69 Å². The van der Waals surface area contributed by atoms with E-state index in [0.717, 1.165) is 37.9 Å². The molecular weight excluding hydrogens is 257 g/mol. The molecule has 19 heavy (non-hydrogen) atoms. The van der Waals surface area contributed by atoms with E-state index in [2.05, 4.69) is 11.9 Å². The summed E-state index contributed by atoms with van der Waals surface area (Å²) in [7, 11) is 0. The minimum atomic E-state index is -4.48. The van der Waals surface area contributed by atoms with Gasteiger partial charge in [0.25, 0.3) is 0 Å². The van der Waals surface area contributed by atoms with Crippen molar-refractivity contribution in [3.8, 4) is 5.75 Å². The van der Waals surface area contributed by atoms with Crippen molar-refractivity contribution in [2.45, 2.75) is 44.9 Å². The van der Waals surface area contributed by atoms with Gasteiger partial charge in [0, 0.05) is 6.07 Å². The summed E-state index contributed by atoms with van der Waals surface area (Å²) in [6.07, 6.45) is 0.233. The topological polar surface area (TPSA) is 48.1 Å².